The Morgan fingerprint density at radius 2 is 1.89 bits per heavy atom. The van der Waals surface area contributed by atoms with Gasteiger partial charge in [0.1, 0.15) is 17.1 Å². The molecule has 0 fully saturated rings. The number of aryl methyl sites for hydroxylation is 1. The van der Waals surface area contributed by atoms with Crippen LogP contribution >= 0.6 is 0 Å². The van der Waals surface area contributed by atoms with E-state index in [1.54, 1.807) is 6.92 Å². The molecule has 0 spiro atoms. The Bertz CT molecular complexity index is 857. The van der Waals surface area contributed by atoms with Crippen LogP contribution in [0.15, 0.2) is 42.5 Å². The molecule has 1 heterocycles. The Balaban J connectivity index is 1.77. The van der Waals surface area contributed by atoms with Gasteiger partial charge in [0.25, 0.3) is 5.91 Å². The van der Waals surface area contributed by atoms with Gasteiger partial charge in [0.2, 0.25) is 0 Å². The van der Waals surface area contributed by atoms with Gasteiger partial charge in [-0.1, -0.05) is 49.7 Å². The van der Waals surface area contributed by atoms with Gasteiger partial charge in [-0.2, -0.15) is 0 Å². The number of rotatable bonds is 5. The lowest BCUT2D eigenvalue weighted by atomic mass is 9.89. The lowest BCUT2D eigenvalue weighted by molar-refractivity contribution is -0.128. The van der Waals surface area contributed by atoms with Crippen molar-refractivity contribution < 1.29 is 14.3 Å². The molecule has 0 bridgehead atoms. The molecular formula is C24H31NO3. The molecule has 4 heteroatoms. The summed E-state index contributed by atoms with van der Waals surface area (Å²) in [7, 11) is 0. The van der Waals surface area contributed by atoms with E-state index in [0.717, 1.165) is 28.2 Å². The van der Waals surface area contributed by atoms with Crippen molar-refractivity contribution in [2.24, 2.45) is 0 Å². The molecule has 1 amide bonds. The summed E-state index contributed by atoms with van der Waals surface area (Å²) in [5, 5.41) is 3.18. The van der Waals surface area contributed by atoms with Crippen molar-refractivity contribution in [1.82, 2.24) is 5.32 Å². The third-order valence-electron chi connectivity index (χ3n) is 5.15. The average molecular weight is 382 g/mol. The number of fused-ring (bicyclic) bond motifs is 1. The van der Waals surface area contributed by atoms with Crippen LogP contribution in [0, 0.1) is 6.92 Å². The molecule has 2 atom stereocenters. The molecule has 150 valence electrons. The van der Waals surface area contributed by atoms with Gasteiger partial charge in [-0.3, -0.25) is 4.79 Å². The van der Waals surface area contributed by atoms with Crippen molar-refractivity contribution in [3.05, 3.63) is 59.2 Å². The average Bonchev–Trinajstić information content (AvgIpc) is 2.62. The van der Waals surface area contributed by atoms with Crippen LogP contribution in [-0.4, -0.2) is 17.6 Å². The highest BCUT2D eigenvalue weighted by Crippen LogP contribution is 2.40. The van der Waals surface area contributed by atoms with Gasteiger partial charge in [-0.05, 0) is 51.3 Å². The van der Waals surface area contributed by atoms with E-state index in [0.29, 0.717) is 12.3 Å². The highest BCUT2D eigenvalue weighted by Gasteiger charge is 2.35. The van der Waals surface area contributed by atoms with Crippen molar-refractivity contribution in [1.29, 1.82) is 0 Å². The Morgan fingerprint density at radius 1 is 1.18 bits per heavy atom. The maximum atomic E-state index is 12.9. The maximum absolute atomic E-state index is 12.9. The fourth-order valence-electron chi connectivity index (χ4n) is 3.70. The zero-order valence-corrected chi connectivity index (χ0v) is 17.7. The molecule has 0 aromatic heterocycles. The third kappa shape index (κ3) is 4.49. The minimum atomic E-state index is -0.584. The number of benzene rings is 2. The van der Waals surface area contributed by atoms with E-state index in [4.69, 9.17) is 9.47 Å². The van der Waals surface area contributed by atoms with Crippen molar-refractivity contribution in [2.75, 3.05) is 0 Å². The highest BCUT2D eigenvalue weighted by atomic mass is 16.5. The SMILES string of the molecule is Cc1ccc2c(c1)C(NC(=O)C(C)Oc1ccccc1C(C)C)CC(C)(C)O2. The van der Waals surface area contributed by atoms with Crippen LogP contribution in [0.25, 0.3) is 0 Å². The summed E-state index contributed by atoms with van der Waals surface area (Å²) in [4.78, 5) is 12.9. The lowest BCUT2D eigenvalue weighted by Gasteiger charge is -2.38. The summed E-state index contributed by atoms with van der Waals surface area (Å²) < 4.78 is 12.1. The minimum Gasteiger partial charge on any atom is -0.487 e. The molecule has 2 aromatic rings. The third-order valence-corrected chi connectivity index (χ3v) is 5.15. The molecular weight excluding hydrogens is 350 g/mol. The molecule has 0 saturated carbocycles. The first-order valence-electron chi connectivity index (χ1n) is 10.0. The number of carbonyl (C=O) groups excluding carboxylic acids is 1. The van der Waals surface area contributed by atoms with Gasteiger partial charge >= 0.3 is 0 Å². The summed E-state index contributed by atoms with van der Waals surface area (Å²) in [6.45, 7) is 12.2. The summed E-state index contributed by atoms with van der Waals surface area (Å²) in [6.07, 6.45) is 0.129. The minimum absolute atomic E-state index is 0.0995. The van der Waals surface area contributed by atoms with Crippen LogP contribution in [0.1, 0.15) is 69.7 Å². The second-order valence-corrected chi connectivity index (χ2v) is 8.62. The van der Waals surface area contributed by atoms with Gasteiger partial charge in [0.05, 0.1) is 6.04 Å². The van der Waals surface area contributed by atoms with Gasteiger partial charge in [0, 0.05) is 12.0 Å². The van der Waals surface area contributed by atoms with E-state index < -0.39 is 6.10 Å². The summed E-state index contributed by atoms with van der Waals surface area (Å²) in [5.41, 5.74) is 2.95. The Labute approximate surface area is 168 Å². The Hall–Kier alpha value is -2.49. The summed E-state index contributed by atoms with van der Waals surface area (Å²) in [6, 6.07) is 13.9. The van der Waals surface area contributed by atoms with Crippen LogP contribution in [0.4, 0.5) is 0 Å². The molecule has 2 aromatic carbocycles. The number of ether oxygens (including phenoxy) is 2. The number of hydrogen-bond acceptors (Lipinski definition) is 3. The lowest BCUT2D eigenvalue weighted by Crippen LogP contribution is -2.44. The van der Waals surface area contributed by atoms with Crippen molar-refractivity contribution in [3.8, 4) is 11.5 Å². The Morgan fingerprint density at radius 3 is 2.61 bits per heavy atom. The van der Waals surface area contributed by atoms with E-state index in [2.05, 4.69) is 25.2 Å². The second-order valence-electron chi connectivity index (χ2n) is 8.62. The predicted molar refractivity (Wildman–Crippen MR) is 112 cm³/mol. The van der Waals surface area contributed by atoms with Gasteiger partial charge in [-0.25, -0.2) is 0 Å². The van der Waals surface area contributed by atoms with Crippen LogP contribution < -0.4 is 14.8 Å². The van der Waals surface area contributed by atoms with Crippen LogP contribution in [0.2, 0.25) is 0 Å². The quantitative estimate of drug-likeness (QED) is 0.764. The molecule has 0 radical (unpaired) electrons. The number of carbonyl (C=O) groups is 1. The van der Waals surface area contributed by atoms with E-state index in [1.807, 2.05) is 57.2 Å². The van der Waals surface area contributed by atoms with Gasteiger partial charge < -0.3 is 14.8 Å². The van der Waals surface area contributed by atoms with E-state index in [-0.39, 0.29) is 17.6 Å². The maximum Gasteiger partial charge on any atom is 0.261 e. The molecule has 1 N–H and O–H groups in total. The standard InChI is InChI=1S/C24H31NO3/c1-15(2)18-9-7-8-10-21(18)27-17(4)23(26)25-20-14-24(5,6)28-22-12-11-16(3)13-19(20)22/h7-13,15,17,20H,14H2,1-6H3,(H,25,26). The van der Waals surface area contributed by atoms with Crippen LogP contribution in [0.5, 0.6) is 11.5 Å². The number of hydrogen-bond donors (Lipinski definition) is 1. The van der Waals surface area contributed by atoms with E-state index >= 15 is 0 Å². The van der Waals surface area contributed by atoms with E-state index in [9.17, 15) is 4.79 Å². The van der Waals surface area contributed by atoms with Crippen molar-refractivity contribution >= 4 is 5.91 Å². The zero-order valence-electron chi connectivity index (χ0n) is 17.7. The van der Waals surface area contributed by atoms with Crippen molar-refractivity contribution in [3.63, 3.8) is 0 Å². The zero-order chi connectivity index (χ0) is 20.5. The van der Waals surface area contributed by atoms with Crippen LogP contribution in [0.3, 0.4) is 0 Å². The summed E-state index contributed by atoms with van der Waals surface area (Å²) in [5.74, 6) is 1.82. The predicted octanol–water partition coefficient (Wildman–Crippen LogP) is 5.30. The van der Waals surface area contributed by atoms with Crippen molar-refractivity contribution in [2.45, 2.75) is 71.6 Å². The topological polar surface area (TPSA) is 47.6 Å². The monoisotopic (exact) mass is 381 g/mol. The highest BCUT2D eigenvalue weighted by molar-refractivity contribution is 5.81. The molecule has 4 nitrogen and oxygen atoms in total. The Kier molecular flexibility index (Phi) is 5.69. The number of para-hydroxylation sites is 1. The first kappa shape index (κ1) is 20.2. The molecule has 2 unspecified atom stereocenters. The number of nitrogens with one attached hydrogen (secondary N) is 1. The molecule has 0 aliphatic carbocycles. The molecule has 28 heavy (non-hydrogen) atoms. The number of amides is 1. The molecule has 3 rings (SSSR count). The van der Waals surface area contributed by atoms with E-state index in [1.165, 1.54) is 0 Å². The first-order chi connectivity index (χ1) is 13.2. The molecule has 1 aliphatic heterocycles. The van der Waals surface area contributed by atoms with Crippen LogP contribution in [-0.2, 0) is 4.79 Å². The van der Waals surface area contributed by atoms with Gasteiger partial charge in [0.15, 0.2) is 6.10 Å². The summed E-state index contributed by atoms with van der Waals surface area (Å²) >= 11 is 0. The second kappa shape index (κ2) is 7.86. The fraction of sp³-hybridized carbons (Fsp3) is 0.458. The fourth-order valence-corrected chi connectivity index (χ4v) is 3.70. The first-order valence-corrected chi connectivity index (χ1v) is 10.0. The largest absolute Gasteiger partial charge is 0.487 e. The smallest absolute Gasteiger partial charge is 0.261 e. The van der Waals surface area contributed by atoms with Gasteiger partial charge in [-0.15, -0.1) is 0 Å². The molecule has 1 aliphatic rings. The normalized spacial score (nSPS) is 18.8. The molecule has 0 saturated heterocycles.